The molecule has 4 heteroatoms. The molecular formula is C15H20O4. The molecule has 19 heavy (non-hydrogen) atoms. The SMILES string of the molecule is CCC(C)CCCc1ccc(C(=O)O)c(C(=O)O)c1. The second-order valence-electron chi connectivity index (χ2n) is 4.90. The summed E-state index contributed by atoms with van der Waals surface area (Å²) >= 11 is 0. The molecule has 104 valence electrons. The minimum absolute atomic E-state index is 0.131. The van der Waals surface area contributed by atoms with Crippen LogP contribution in [0.15, 0.2) is 18.2 Å². The molecule has 1 aromatic carbocycles. The first-order valence-corrected chi connectivity index (χ1v) is 6.55. The van der Waals surface area contributed by atoms with Crippen molar-refractivity contribution in [3.8, 4) is 0 Å². The molecular weight excluding hydrogens is 244 g/mol. The Hall–Kier alpha value is -1.84. The Balaban J connectivity index is 2.79. The second kappa shape index (κ2) is 6.92. The lowest BCUT2D eigenvalue weighted by atomic mass is 9.97. The van der Waals surface area contributed by atoms with Gasteiger partial charge in [0.15, 0.2) is 0 Å². The van der Waals surface area contributed by atoms with Crippen molar-refractivity contribution in [3.05, 3.63) is 34.9 Å². The van der Waals surface area contributed by atoms with Crippen LogP contribution in [0.2, 0.25) is 0 Å². The third kappa shape index (κ3) is 4.39. The monoisotopic (exact) mass is 264 g/mol. The Labute approximate surface area is 113 Å². The largest absolute Gasteiger partial charge is 0.478 e. The zero-order valence-electron chi connectivity index (χ0n) is 11.3. The van der Waals surface area contributed by atoms with E-state index in [9.17, 15) is 9.59 Å². The van der Waals surface area contributed by atoms with Crippen LogP contribution in [0, 0.1) is 5.92 Å². The molecule has 0 spiro atoms. The van der Waals surface area contributed by atoms with Crippen LogP contribution in [0.25, 0.3) is 0 Å². The normalized spacial score (nSPS) is 12.1. The molecule has 0 aliphatic rings. The molecule has 0 aliphatic heterocycles. The maximum absolute atomic E-state index is 11.0. The highest BCUT2D eigenvalue weighted by molar-refractivity contribution is 6.01. The second-order valence-corrected chi connectivity index (χ2v) is 4.90. The summed E-state index contributed by atoms with van der Waals surface area (Å²) in [7, 11) is 0. The molecule has 0 bridgehead atoms. The number of aryl methyl sites for hydroxylation is 1. The summed E-state index contributed by atoms with van der Waals surface area (Å²) in [5, 5.41) is 18.0. The van der Waals surface area contributed by atoms with Crippen LogP contribution in [0.3, 0.4) is 0 Å². The molecule has 1 atom stereocenters. The first kappa shape index (κ1) is 15.2. The minimum Gasteiger partial charge on any atom is -0.478 e. The van der Waals surface area contributed by atoms with E-state index in [1.807, 2.05) is 0 Å². The summed E-state index contributed by atoms with van der Waals surface area (Å²) in [6.07, 6.45) is 4.00. The lowest BCUT2D eigenvalue weighted by molar-refractivity contribution is 0.0651. The van der Waals surface area contributed by atoms with E-state index >= 15 is 0 Å². The van der Waals surface area contributed by atoms with Crippen LogP contribution < -0.4 is 0 Å². The number of hydrogen-bond donors (Lipinski definition) is 2. The number of rotatable bonds is 7. The number of carbonyl (C=O) groups is 2. The molecule has 0 heterocycles. The van der Waals surface area contributed by atoms with Gasteiger partial charge in [-0.1, -0.05) is 32.8 Å². The summed E-state index contributed by atoms with van der Waals surface area (Å²) in [4.78, 5) is 22.0. The lowest BCUT2D eigenvalue weighted by Crippen LogP contribution is -2.08. The minimum atomic E-state index is -1.21. The van der Waals surface area contributed by atoms with Crippen molar-refractivity contribution < 1.29 is 19.8 Å². The van der Waals surface area contributed by atoms with Gasteiger partial charge in [-0.2, -0.15) is 0 Å². The van der Waals surface area contributed by atoms with Gasteiger partial charge in [0.25, 0.3) is 0 Å². The van der Waals surface area contributed by atoms with Gasteiger partial charge in [-0.15, -0.1) is 0 Å². The number of hydrogen-bond acceptors (Lipinski definition) is 2. The quantitative estimate of drug-likeness (QED) is 0.791. The topological polar surface area (TPSA) is 74.6 Å². The standard InChI is InChI=1S/C15H20O4/c1-3-10(2)5-4-6-11-7-8-12(14(16)17)13(9-11)15(18)19/h7-10H,3-6H2,1-2H3,(H,16,17)(H,18,19). The Morgan fingerprint density at radius 2 is 1.79 bits per heavy atom. The predicted molar refractivity (Wildman–Crippen MR) is 72.8 cm³/mol. The van der Waals surface area contributed by atoms with Gasteiger partial charge in [-0.25, -0.2) is 9.59 Å². The molecule has 0 radical (unpaired) electrons. The Bertz CT molecular complexity index is 465. The number of aromatic carboxylic acids is 2. The Morgan fingerprint density at radius 3 is 2.32 bits per heavy atom. The average molecular weight is 264 g/mol. The Morgan fingerprint density at radius 1 is 1.16 bits per heavy atom. The third-order valence-electron chi connectivity index (χ3n) is 3.40. The zero-order chi connectivity index (χ0) is 14.4. The molecule has 4 nitrogen and oxygen atoms in total. The third-order valence-corrected chi connectivity index (χ3v) is 3.40. The highest BCUT2D eigenvalue weighted by Crippen LogP contribution is 2.17. The van der Waals surface area contributed by atoms with Crippen LogP contribution in [-0.2, 0) is 6.42 Å². The van der Waals surface area contributed by atoms with Crippen molar-refractivity contribution >= 4 is 11.9 Å². The fourth-order valence-corrected chi connectivity index (χ4v) is 1.97. The van der Waals surface area contributed by atoms with Crippen molar-refractivity contribution in [2.75, 3.05) is 0 Å². The number of benzene rings is 1. The van der Waals surface area contributed by atoms with Crippen molar-refractivity contribution in [3.63, 3.8) is 0 Å². The van der Waals surface area contributed by atoms with Gasteiger partial charge in [0.1, 0.15) is 0 Å². The summed E-state index contributed by atoms with van der Waals surface area (Å²) in [6, 6.07) is 4.55. The maximum atomic E-state index is 11.0. The van der Waals surface area contributed by atoms with Crippen LogP contribution in [0.4, 0.5) is 0 Å². The molecule has 1 rings (SSSR count). The fraction of sp³-hybridized carbons (Fsp3) is 0.467. The molecule has 1 unspecified atom stereocenters. The molecule has 0 saturated carbocycles. The van der Waals surface area contributed by atoms with Gasteiger partial charge >= 0.3 is 11.9 Å². The molecule has 2 N–H and O–H groups in total. The summed E-state index contributed by atoms with van der Waals surface area (Å²) < 4.78 is 0. The highest BCUT2D eigenvalue weighted by Gasteiger charge is 2.16. The van der Waals surface area contributed by atoms with Crippen LogP contribution in [-0.4, -0.2) is 22.2 Å². The molecule has 0 fully saturated rings. The summed E-state index contributed by atoms with van der Waals surface area (Å²) in [6.45, 7) is 4.34. The lowest BCUT2D eigenvalue weighted by Gasteiger charge is -2.09. The predicted octanol–water partition coefficient (Wildman–Crippen LogP) is 3.45. The van der Waals surface area contributed by atoms with Gasteiger partial charge in [-0.3, -0.25) is 0 Å². The van der Waals surface area contributed by atoms with E-state index in [1.165, 1.54) is 12.1 Å². The molecule has 1 aromatic rings. The first-order chi connectivity index (χ1) is 8.95. The molecule has 0 aromatic heterocycles. The molecule has 0 saturated heterocycles. The first-order valence-electron chi connectivity index (χ1n) is 6.55. The van der Waals surface area contributed by atoms with Gasteiger partial charge < -0.3 is 10.2 Å². The van der Waals surface area contributed by atoms with E-state index in [1.54, 1.807) is 6.07 Å². The van der Waals surface area contributed by atoms with Crippen molar-refractivity contribution in [2.24, 2.45) is 5.92 Å². The van der Waals surface area contributed by atoms with Gasteiger partial charge in [0, 0.05) is 0 Å². The summed E-state index contributed by atoms with van der Waals surface area (Å²) in [5.74, 6) is -1.73. The van der Waals surface area contributed by atoms with E-state index < -0.39 is 11.9 Å². The van der Waals surface area contributed by atoms with Crippen molar-refractivity contribution in [1.82, 2.24) is 0 Å². The molecule has 0 aliphatic carbocycles. The fourth-order valence-electron chi connectivity index (χ4n) is 1.97. The average Bonchev–Trinajstić information content (AvgIpc) is 2.38. The van der Waals surface area contributed by atoms with Crippen molar-refractivity contribution in [1.29, 1.82) is 0 Å². The van der Waals surface area contributed by atoms with Crippen LogP contribution in [0.5, 0.6) is 0 Å². The molecule has 0 amide bonds. The smallest absolute Gasteiger partial charge is 0.336 e. The number of carboxylic acids is 2. The maximum Gasteiger partial charge on any atom is 0.336 e. The van der Waals surface area contributed by atoms with E-state index in [-0.39, 0.29) is 11.1 Å². The Kier molecular flexibility index (Phi) is 5.55. The van der Waals surface area contributed by atoms with E-state index in [0.717, 1.165) is 31.2 Å². The highest BCUT2D eigenvalue weighted by atomic mass is 16.4. The van der Waals surface area contributed by atoms with Crippen LogP contribution in [0.1, 0.15) is 59.4 Å². The van der Waals surface area contributed by atoms with Gasteiger partial charge in [0.2, 0.25) is 0 Å². The van der Waals surface area contributed by atoms with E-state index in [4.69, 9.17) is 10.2 Å². The van der Waals surface area contributed by atoms with Gasteiger partial charge in [0.05, 0.1) is 11.1 Å². The van der Waals surface area contributed by atoms with E-state index in [0.29, 0.717) is 5.92 Å². The van der Waals surface area contributed by atoms with Crippen molar-refractivity contribution in [2.45, 2.75) is 39.5 Å². The van der Waals surface area contributed by atoms with E-state index in [2.05, 4.69) is 13.8 Å². The summed E-state index contributed by atoms with van der Waals surface area (Å²) in [5.41, 5.74) is 0.595. The number of carboxylic acid groups (broad SMARTS) is 2. The van der Waals surface area contributed by atoms with Gasteiger partial charge in [-0.05, 0) is 36.5 Å². The van der Waals surface area contributed by atoms with Crippen LogP contribution >= 0.6 is 0 Å². The zero-order valence-corrected chi connectivity index (χ0v) is 11.3.